The van der Waals surface area contributed by atoms with Gasteiger partial charge in [-0.05, 0) is 68.4 Å². The number of hydrogen-bond acceptors (Lipinski definition) is 7. The molecule has 0 bridgehead atoms. The Kier molecular flexibility index (Phi) is 8.78. The quantitative estimate of drug-likeness (QED) is 0.511. The van der Waals surface area contributed by atoms with Crippen LogP contribution in [0.4, 0.5) is 4.39 Å². The number of nitrogens with one attached hydrogen (secondary N) is 1. The van der Waals surface area contributed by atoms with Crippen molar-refractivity contribution in [3.63, 3.8) is 0 Å². The van der Waals surface area contributed by atoms with Gasteiger partial charge in [-0.15, -0.1) is 41.7 Å². The predicted molar refractivity (Wildman–Crippen MR) is 145 cm³/mol. The smallest absolute Gasteiger partial charge is 0.251 e. The van der Waals surface area contributed by atoms with Crippen molar-refractivity contribution < 1.29 is 9.13 Å². The molecule has 1 aromatic carbocycles. The van der Waals surface area contributed by atoms with E-state index in [0.717, 1.165) is 66.1 Å². The zero-order valence-corrected chi connectivity index (χ0v) is 22.3. The molecule has 2 aromatic heterocycles. The van der Waals surface area contributed by atoms with Crippen molar-refractivity contribution in [3.8, 4) is 5.88 Å². The molecule has 194 valence electrons. The standard InChI is InChI=1S/C25H28FN5O2S.2ClH/c26-21-5-1-16-2-6-23(32)31-19(3-4-20(21)24(16)31)15-30-9-7-17(8-10-30)27-14-18-13-22-25(29-28-18)33-11-12-34-22;;/h1-2,5-6,13,17,19,27H,3-4,7-12,14-15H2;2*1H. The average Bonchev–Trinajstić information content (AvgIpc) is 2.87. The zero-order valence-electron chi connectivity index (χ0n) is 19.8. The molecule has 11 heteroatoms. The monoisotopic (exact) mass is 553 g/mol. The zero-order chi connectivity index (χ0) is 23.1. The van der Waals surface area contributed by atoms with Crippen LogP contribution in [0.3, 0.4) is 0 Å². The van der Waals surface area contributed by atoms with E-state index >= 15 is 0 Å². The molecule has 3 aromatic rings. The number of halogens is 3. The molecule has 1 unspecified atom stereocenters. The molecule has 0 aliphatic carbocycles. The maximum Gasteiger partial charge on any atom is 0.251 e. The Hall–Kier alpha value is -1.91. The third-order valence-corrected chi connectivity index (χ3v) is 8.19. The van der Waals surface area contributed by atoms with Crippen molar-refractivity contribution in [3.05, 3.63) is 57.8 Å². The van der Waals surface area contributed by atoms with Crippen LogP contribution in [-0.2, 0) is 13.0 Å². The lowest BCUT2D eigenvalue weighted by molar-refractivity contribution is 0.167. The number of hydrogen-bond donors (Lipinski definition) is 1. The molecule has 1 N–H and O–H groups in total. The Morgan fingerprint density at radius 2 is 1.92 bits per heavy atom. The Labute approximate surface area is 226 Å². The van der Waals surface area contributed by atoms with E-state index in [9.17, 15) is 9.18 Å². The molecule has 36 heavy (non-hydrogen) atoms. The molecular formula is C25H30Cl2FN5O2S. The van der Waals surface area contributed by atoms with Crippen molar-refractivity contribution in [2.75, 3.05) is 32.0 Å². The van der Waals surface area contributed by atoms with E-state index in [2.05, 4.69) is 26.5 Å². The van der Waals surface area contributed by atoms with Gasteiger partial charge < -0.3 is 19.5 Å². The van der Waals surface area contributed by atoms with Crippen LogP contribution in [-0.4, -0.2) is 57.7 Å². The van der Waals surface area contributed by atoms with Gasteiger partial charge >= 0.3 is 0 Å². The van der Waals surface area contributed by atoms with Gasteiger partial charge in [0.25, 0.3) is 5.56 Å². The highest BCUT2D eigenvalue weighted by Crippen LogP contribution is 2.32. The molecule has 1 fully saturated rings. The maximum absolute atomic E-state index is 14.4. The summed E-state index contributed by atoms with van der Waals surface area (Å²) in [5.74, 6) is 1.40. The summed E-state index contributed by atoms with van der Waals surface area (Å²) in [6.07, 6.45) is 3.57. The Balaban J connectivity index is 0.00000152. The van der Waals surface area contributed by atoms with Gasteiger partial charge in [-0.3, -0.25) is 4.79 Å². The number of ether oxygens (including phenoxy) is 1. The Bertz CT molecular complexity index is 1290. The fraction of sp³-hybridized carbons (Fsp3) is 0.480. The van der Waals surface area contributed by atoms with Crippen molar-refractivity contribution in [2.45, 2.75) is 49.2 Å². The maximum atomic E-state index is 14.4. The fourth-order valence-electron chi connectivity index (χ4n) is 5.46. The molecule has 6 rings (SSSR count). The van der Waals surface area contributed by atoms with E-state index in [1.165, 1.54) is 6.07 Å². The molecule has 0 saturated carbocycles. The summed E-state index contributed by atoms with van der Waals surface area (Å²) in [6, 6.07) is 9.33. The highest BCUT2D eigenvalue weighted by Gasteiger charge is 2.28. The predicted octanol–water partition coefficient (Wildman–Crippen LogP) is 4.00. The van der Waals surface area contributed by atoms with Crippen molar-refractivity contribution in [1.82, 2.24) is 25.0 Å². The summed E-state index contributed by atoms with van der Waals surface area (Å²) < 4.78 is 21.8. The number of aromatic nitrogens is 3. The summed E-state index contributed by atoms with van der Waals surface area (Å²) in [5, 5.41) is 13.1. The Morgan fingerprint density at radius 1 is 1.11 bits per heavy atom. The first-order chi connectivity index (χ1) is 16.7. The third kappa shape index (κ3) is 5.36. The van der Waals surface area contributed by atoms with Crippen molar-refractivity contribution in [2.24, 2.45) is 0 Å². The van der Waals surface area contributed by atoms with Gasteiger partial charge in [-0.2, -0.15) is 5.10 Å². The molecule has 0 amide bonds. The van der Waals surface area contributed by atoms with E-state index in [4.69, 9.17) is 4.74 Å². The molecule has 7 nitrogen and oxygen atoms in total. The van der Waals surface area contributed by atoms with Gasteiger partial charge in [-0.25, -0.2) is 4.39 Å². The first kappa shape index (κ1) is 27.1. The fourth-order valence-corrected chi connectivity index (χ4v) is 6.29. The second-order valence-electron chi connectivity index (χ2n) is 9.36. The minimum absolute atomic E-state index is 0. The summed E-state index contributed by atoms with van der Waals surface area (Å²) in [6.45, 7) is 4.18. The number of thioether (sulfide) groups is 1. The average molecular weight is 555 g/mol. The second kappa shape index (κ2) is 11.6. The van der Waals surface area contributed by atoms with Crippen LogP contribution >= 0.6 is 36.6 Å². The SMILES string of the molecule is Cl.Cl.O=c1ccc2ccc(F)c3c2n1C(CN1CCC(NCc2cc4c(nn2)OCCS4)CC1)CC3. The van der Waals surface area contributed by atoms with Crippen molar-refractivity contribution >= 4 is 47.5 Å². The van der Waals surface area contributed by atoms with Crippen molar-refractivity contribution in [1.29, 1.82) is 0 Å². The van der Waals surface area contributed by atoms with Crippen LogP contribution in [0.15, 0.2) is 40.0 Å². The Morgan fingerprint density at radius 3 is 2.75 bits per heavy atom. The second-order valence-corrected chi connectivity index (χ2v) is 10.5. The number of rotatable bonds is 5. The normalized spacial score (nSPS) is 19.6. The number of likely N-dealkylation sites (tertiary alicyclic amines) is 1. The van der Waals surface area contributed by atoms with E-state index in [0.29, 0.717) is 37.1 Å². The molecule has 5 heterocycles. The summed E-state index contributed by atoms with van der Waals surface area (Å²) >= 11 is 1.77. The highest BCUT2D eigenvalue weighted by molar-refractivity contribution is 7.99. The van der Waals surface area contributed by atoms with E-state index < -0.39 is 0 Å². The van der Waals surface area contributed by atoms with Gasteiger partial charge in [0.2, 0.25) is 5.88 Å². The lowest BCUT2D eigenvalue weighted by Gasteiger charge is -2.37. The van der Waals surface area contributed by atoms with Gasteiger partial charge in [0.1, 0.15) is 5.82 Å². The molecule has 1 atom stereocenters. The van der Waals surface area contributed by atoms with Crippen LogP contribution in [0.2, 0.25) is 0 Å². The number of pyridine rings is 1. The lowest BCUT2D eigenvalue weighted by Crippen LogP contribution is -2.45. The summed E-state index contributed by atoms with van der Waals surface area (Å²) in [5.41, 5.74) is 2.38. The molecule has 3 aliphatic rings. The topological polar surface area (TPSA) is 72.3 Å². The molecule has 0 radical (unpaired) electrons. The van der Waals surface area contributed by atoms with Crippen LogP contribution in [0.5, 0.6) is 5.88 Å². The van der Waals surface area contributed by atoms with Gasteiger partial charge in [0, 0.05) is 36.5 Å². The molecular weight excluding hydrogens is 524 g/mol. The van der Waals surface area contributed by atoms with Crippen LogP contribution in [0.25, 0.3) is 10.9 Å². The van der Waals surface area contributed by atoms with E-state index in [-0.39, 0.29) is 42.2 Å². The molecule has 1 saturated heterocycles. The van der Waals surface area contributed by atoms with Gasteiger partial charge in [0.15, 0.2) is 0 Å². The summed E-state index contributed by atoms with van der Waals surface area (Å²) in [7, 11) is 0. The third-order valence-electron chi connectivity index (χ3n) is 7.22. The lowest BCUT2D eigenvalue weighted by atomic mass is 9.95. The minimum atomic E-state index is -0.202. The number of aryl methyl sites for hydroxylation is 1. The number of piperidine rings is 1. The summed E-state index contributed by atoms with van der Waals surface area (Å²) in [4.78, 5) is 16.3. The van der Waals surface area contributed by atoms with Crippen LogP contribution in [0, 0.1) is 5.82 Å². The molecule has 0 spiro atoms. The highest BCUT2D eigenvalue weighted by atomic mass is 35.5. The van der Waals surface area contributed by atoms with Gasteiger partial charge in [-0.1, -0.05) is 0 Å². The number of nitrogens with zero attached hydrogens (tertiary/aromatic N) is 4. The first-order valence-corrected chi connectivity index (χ1v) is 13.0. The van der Waals surface area contributed by atoms with Crippen LogP contribution in [0.1, 0.15) is 36.6 Å². The first-order valence-electron chi connectivity index (χ1n) is 12.1. The van der Waals surface area contributed by atoms with E-state index in [1.54, 1.807) is 23.9 Å². The number of benzene rings is 1. The minimum Gasteiger partial charge on any atom is -0.475 e. The number of fused-ring (bicyclic) bond motifs is 1. The molecule has 3 aliphatic heterocycles. The van der Waals surface area contributed by atoms with Gasteiger partial charge in [0.05, 0.1) is 28.8 Å². The van der Waals surface area contributed by atoms with Crippen LogP contribution < -0.4 is 15.6 Å². The van der Waals surface area contributed by atoms with E-state index in [1.807, 2.05) is 10.6 Å². The largest absolute Gasteiger partial charge is 0.475 e.